The van der Waals surface area contributed by atoms with E-state index >= 15 is 0 Å². The first kappa shape index (κ1) is 19.7. The molecule has 8 heteroatoms. The minimum atomic E-state index is -3.45. The molecule has 3 rings (SSSR count). The molecule has 2 aromatic rings. The molecule has 27 heavy (non-hydrogen) atoms. The highest BCUT2D eigenvalue weighted by Crippen LogP contribution is 2.19. The van der Waals surface area contributed by atoms with Gasteiger partial charge in [-0.1, -0.05) is 13.8 Å². The number of piperazine rings is 1. The zero-order chi connectivity index (χ0) is 19.3. The largest absolute Gasteiger partial charge is 0.354 e. The van der Waals surface area contributed by atoms with Crippen LogP contribution in [-0.4, -0.2) is 66.9 Å². The van der Waals surface area contributed by atoms with E-state index in [9.17, 15) is 8.42 Å². The van der Waals surface area contributed by atoms with Crippen LogP contribution in [0.1, 0.15) is 19.4 Å². The van der Waals surface area contributed by atoms with Crippen LogP contribution in [0.25, 0.3) is 0 Å². The molecule has 1 aliphatic heterocycles. The Morgan fingerprint density at radius 2 is 1.67 bits per heavy atom. The first-order valence-electron chi connectivity index (χ1n) is 9.37. The third-order valence-corrected chi connectivity index (χ3v) is 6.95. The van der Waals surface area contributed by atoms with E-state index in [0.717, 1.165) is 38.5 Å². The Morgan fingerprint density at radius 1 is 1.00 bits per heavy atom. The zero-order valence-corrected chi connectivity index (χ0v) is 16.8. The number of rotatable bonds is 7. The highest BCUT2D eigenvalue weighted by atomic mass is 32.2. The summed E-state index contributed by atoms with van der Waals surface area (Å²) in [5.41, 5.74) is 1.27. The molecule has 1 fully saturated rings. The summed E-state index contributed by atoms with van der Waals surface area (Å²) < 4.78 is 26.6. The van der Waals surface area contributed by atoms with E-state index in [0.29, 0.717) is 13.1 Å². The molecule has 146 valence electrons. The quantitative estimate of drug-likeness (QED) is 0.720. The lowest BCUT2D eigenvalue weighted by molar-refractivity contribution is 0.249. The summed E-state index contributed by atoms with van der Waals surface area (Å²) in [6, 6.07) is 7.57. The SMILES string of the molecule is CCN(CC)S(=O)(=O)c1ccc(N2CCN(Cc3ccncc3)CC2)nc1. The van der Waals surface area contributed by atoms with Crippen LogP contribution in [0.15, 0.2) is 47.8 Å². The topological polar surface area (TPSA) is 69.6 Å². The second-order valence-corrected chi connectivity index (χ2v) is 8.50. The highest BCUT2D eigenvalue weighted by molar-refractivity contribution is 7.89. The lowest BCUT2D eigenvalue weighted by atomic mass is 10.2. The average Bonchev–Trinajstić information content (AvgIpc) is 2.70. The molecular formula is C19H27N5O2S. The molecule has 3 heterocycles. The first-order valence-corrected chi connectivity index (χ1v) is 10.8. The summed E-state index contributed by atoms with van der Waals surface area (Å²) in [6.07, 6.45) is 5.12. The van der Waals surface area contributed by atoms with Crippen molar-refractivity contribution in [2.75, 3.05) is 44.2 Å². The van der Waals surface area contributed by atoms with Gasteiger partial charge in [-0.25, -0.2) is 13.4 Å². The Balaban J connectivity index is 1.60. The van der Waals surface area contributed by atoms with Gasteiger partial charge in [0.1, 0.15) is 10.7 Å². The number of hydrogen-bond donors (Lipinski definition) is 0. The van der Waals surface area contributed by atoms with E-state index < -0.39 is 10.0 Å². The van der Waals surface area contributed by atoms with E-state index in [4.69, 9.17) is 0 Å². The number of anilines is 1. The maximum atomic E-state index is 12.6. The number of sulfonamides is 1. The standard InChI is InChI=1S/C19H27N5O2S/c1-3-24(4-2)27(25,26)18-5-6-19(21-15-18)23-13-11-22(12-14-23)16-17-7-9-20-10-8-17/h5-10,15H,3-4,11-14,16H2,1-2H3. The third-order valence-electron chi connectivity index (χ3n) is 4.92. The van der Waals surface area contributed by atoms with Crippen LogP contribution in [0, 0.1) is 0 Å². The Hall–Kier alpha value is -2.03. The maximum Gasteiger partial charge on any atom is 0.244 e. The van der Waals surface area contributed by atoms with Crippen LogP contribution < -0.4 is 4.90 Å². The van der Waals surface area contributed by atoms with Gasteiger partial charge in [0.2, 0.25) is 10.0 Å². The normalized spacial score (nSPS) is 16.0. The molecule has 2 aromatic heterocycles. The van der Waals surface area contributed by atoms with Crippen LogP contribution in [-0.2, 0) is 16.6 Å². The number of hydrogen-bond acceptors (Lipinski definition) is 6. The minimum Gasteiger partial charge on any atom is -0.354 e. The minimum absolute atomic E-state index is 0.256. The second-order valence-electron chi connectivity index (χ2n) is 6.56. The van der Waals surface area contributed by atoms with Crippen LogP contribution in [0.4, 0.5) is 5.82 Å². The van der Waals surface area contributed by atoms with E-state index in [2.05, 4.69) is 19.8 Å². The molecule has 0 saturated carbocycles. The molecular weight excluding hydrogens is 362 g/mol. The van der Waals surface area contributed by atoms with Gasteiger partial charge in [0.25, 0.3) is 0 Å². The molecule has 0 aliphatic carbocycles. The summed E-state index contributed by atoms with van der Waals surface area (Å²) in [5, 5.41) is 0. The Labute approximate surface area is 161 Å². The van der Waals surface area contributed by atoms with Crippen molar-refractivity contribution >= 4 is 15.8 Å². The molecule has 0 unspecified atom stereocenters. The summed E-state index contributed by atoms with van der Waals surface area (Å²) >= 11 is 0. The molecule has 0 atom stereocenters. The summed E-state index contributed by atoms with van der Waals surface area (Å²) in [7, 11) is -3.45. The van der Waals surface area contributed by atoms with Gasteiger partial charge >= 0.3 is 0 Å². The first-order chi connectivity index (χ1) is 13.0. The monoisotopic (exact) mass is 389 g/mol. The second kappa shape index (κ2) is 8.77. The number of pyridine rings is 2. The van der Waals surface area contributed by atoms with Gasteiger partial charge in [-0.05, 0) is 29.8 Å². The van der Waals surface area contributed by atoms with Crippen LogP contribution in [0.5, 0.6) is 0 Å². The van der Waals surface area contributed by atoms with Crippen LogP contribution in [0.3, 0.4) is 0 Å². The fraction of sp³-hybridized carbons (Fsp3) is 0.474. The molecule has 7 nitrogen and oxygen atoms in total. The van der Waals surface area contributed by atoms with Gasteiger partial charge in [-0.3, -0.25) is 9.88 Å². The van der Waals surface area contributed by atoms with E-state index in [1.807, 2.05) is 44.4 Å². The van der Waals surface area contributed by atoms with Gasteiger partial charge in [0, 0.05) is 64.4 Å². The molecule has 0 spiro atoms. The molecule has 1 aliphatic rings. The zero-order valence-electron chi connectivity index (χ0n) is 16.0. The van der Waals surface area contributed by atoms with Crippen molar-refractivity contribution in [3.05, 3.63) is 48.4 Å². The van der Waals surface area contributed by atoms with Crippen molar-refractivity contribution in [3.8, 4) is 0 Å². The maximum absolute atomic E-state index is 12.6. The average molecular weight is 390 g/mol. The Bertz CT molecular complexity index is 815. The Morgan fingerprint density at radius 3 is 2.22 bits per heavy atom. The number of aromatic nitrogens is 2. The van der Waals surface area contributed by atoms with Crippen molar-refractivity contribution < 1.29 is 8.42 Å². The fourth-order valence-corrected chi connectivity index (χ4v) is 4.71. The Kier molecular flexibility index (Phi) is 6.41. The van der Waals surface area contributed by atoms with E-state index in [1.54, 1.807) is 6.07 Å². The predicted octanol–water partition coefficient (Wildman–Crippen LogP) is 1.83. The van der Waals surface area contributed by atoms with Gasteiger partial charge in [0.15, 0.2) is 0 Å². The highest BCUT2D eigenvalue weighted by Gasteiger charge is 2.23. The smallest absolute Gasteiger partial charge is 0.244 e. The summed E-state index contributed by atoms with van der Waals surface area (Å²) in [6.45, 7) is 9.17. The lowest BCUT2D eigenvalue weighted by Gasteiger charge is -2.35. The molecule has 0 radical (unpaired) electrons. The summed E-state index contributed by atoms with van der Waals surface area (Å²) in [5.74, 6) is 0.831. The van der Waals surface area contributed by atoms with Crippen LogP contribution >= 0.6 is 0 Å². The van der Waals surface area contributed by atoms with Gasteiger partial charge in [0.05, 0.1) is 0 Å². The third kappa shape index (κ3) is 4.63. The lowest BCUT2D eigenvalue weighted by Crippen LogP contribution is -2.46. The van der Waals surface area contributed by atoms with Crippen molar-refractivity contribution in [2.24, 2.45) is 0 Å². The summed E-state index contributed by atoms with van der Waals surface area (Å²) in [4.78, 5) is 13.3. The van der Waals surface area contributed by atoms with Gasteiger partial charge in [-0.15, -0.1) is 0 Å². The molecule has 1 saturated heterocycles. The van der Waals surface area contributed by atoms with Crippen molar-refractivity contribution in [3.63, 3.8) is 0 Å². The number of nitrogens with zero attached hydrogens (tertiary/aromatic N) is 5. The van der Waals surface area contributed by atoms with Crippen molar-refractivity contribution in [1.82, 2.24) is 19.2 Å². The van der Waals surface area contributed by atoms with E-state index in [1.165, 1.54) is 16.1 Å². The van der Waals surface area contributed by atoms with Crippen LogP contribution in [0.2, 0.25) is 0 Å². The van der Waals surface area contributed by atoms with Crippen molar-refractivity contribution in [2.45, 2.75) is 25.3 Å². The van der Waals surface area contributed by atoms with Gasteiger partial charge in [-0.2, -0.15) is 4.31 Å². The predicted molar refractivity (Wildman–Crippen MR) is 106 cm³/mol. The molecule has 0 amide bonds. The molecule has 0 aromatic carbocycles. The van der Waals surface area contributed by atoms with E-state index in [-0.39, 0.29) is 4.90 Å². The van der Waals surface area contributed by atoms with Crippen molar-refractivity contribution in [1.29, 1.82) is 0 Å². The molecule has 0 bridgehead atoms. The van der Waals surface area contributed by atoms with Gasteiger partial charge < -0.3 is 4.90 Å². The molecule has 0 N–H and O–H groups in total. The fourth-order valence-electron chi connectivity index (χ4n) is 3.31.